The molecule has 0 aliphatic heterocycles. The Morgan fingerprint density at radius 3 is 2.59 bits per heavy atom. The molecule has 1 aromatic rings. The van der Waals surface area contributed by atoms with Crippen LogP contribution in [0.4, 0.5) is 4.39 Å². The van der Waals surface area contributed by atoms with Crippen LogP contribution in [0, 0.1) is 12.7 Å². The Labute approximate surface area is 96.9 Å². The van der Waals surface area contributed by atoms with E-state index in [0.29, 0.717) is 5.56 Å². The molecule has 0 fully saturated rings. The third kappa shape index (κ3) is 3.84. The summed E-state index contributed by atoms with van der Waals surface area (Å²) in [4.78, 5) is 21.8. The SMILES string of the molecule is Cc1cc(F)cc(C(=O)NCC(O)C(=O)O)c1. The summed E-state index contributed by atoms with van der Waals surface area (Å²) in [6.45, 7) is 1.20. The minimum Gasteiger partial charge on any atom is -0.479 e. The predicted molar refractivity (Wildman–Crippen MR) is 57.1 cm³/mol. The molecule has 0 spiro atoms. The zero-order valence-corrected chi connectivity index (χ0v) is 9.11. The molecule has 1 unspecified atom stereocenters. The maximum Gasteiger partial charge on any atom is 0.334 e. The topological polar surface area (TPSA) is 86.6 Å². The van der Waals surface area contributed by atoms with E-state index in [1.807, 2.05) is 0 Å². The van der Waals surface area contributed by atoms with Gasteiger partial charge in [0.1, 0.15) is 5.82 Å². The first kappa shape index (κ1) is 13.1. The Morgan fingerprint density at radius 1 is 1.41 bits per heavy atom. The standard InChI is InChI=1S/C11H12FNO4/c1-6-2-7(4-8(12)3-6)10(15)13-5-9(14)11(16)17/h2-4,9,14H,5H2,1H3,(H,13,15)(H,16,17). The molecule has 0 aromatic heterocycles. The van der Waals surface area contributed by atoms with Crippen LogP contribution in [0.25, 0.3) is 0 Å². The molecule has 1 atom stereocenters. The number of hydrogen-bond donors (Lipinski definition) is 3. The van der Waals surface area contributed by atoms with Crippen molar-refractivity contribution in [2.75, 3.05) is 6.54 Å². The first-order valence-electron chi connectivity index (χ1n) is 4.86. The molecule has 0 saturated carbocycles. The number of carboxylic acids is 1. The van der Waals surface area contributed by atoms with Gasteiger partial charge in [0.25, 0.3) is 5.91 Å². The van der Waals surface area contributed by atoms with Crippen LogP contribution in [0.5, 0.6) is 0 Å². The Kier molecular flexibility index (Phi) is 4.17. The fourth-order valence-electron chi connectivity index (χ4n) is 1.25. The van der Waals surface area contributed by atoms with E-state index in [1.54, 1.807) is 6.92 Å². The van der Waals surface area contributed by atoms with Crippen LogP contribution in [-0.2, 0) is 4.79 Å². The minimum absolute atomic E-state index is 0.0834. The van der Waals surface area contributed by atoms with Crippen molar-refractivity contribution in [1.29, 1.82) is 0 Å². The molecular weight excluding hydrogens is 229 g/mol. The number of carbonyl (C=O) groups is 2. The Balaban J connectivity index is 2.67. The van der Waals surface area contributed by atoms with Crippen LogP contribution >= 0.6 is 0 Å². The summed E-state index contributed by atoms with van der Waals surface area (Å²) >= 11 is 0. The molecule has 0 radical (unpaired) electrons. The molecule has 1 aromatic carbocycles. The predicted octanol–water partition coefficient (Wildman–Crippen LogP) is 0.309. The van der Waals surface area contributed by atoms with Gasteiger partial charge in [-0.25, -0.2) is 9.18 Å². The number of carbonyl (C=O) groups excluding carboxylic acids is 1. The molecule has 0 aliphatic carbocycles. The molecule has 0 bridgehead atoms. The van der Waals surface area contributed by atoms with E-state index in [4.69, 9.17) is 10.2 Å². The third-order valence-corrected chi connectivity index (χ3v) is 2.05. The maximum atomic E-state index is 13.0. The highest BCUT2D eigenvalue weighted by atomic mass is 19.1. The molecule has 17 heavy (non-hydrogen) atoms. The molecule has 1 rings (SSSR count). The van der Waals surface area contributed by atoms with Gasteiger partial charge in [0.2, 0.25) is 0 Å². The summed E-state index contributed by atoms with van der Waals surface area (Å²) in [5, 5.41) is 19.5. The maximum absolute atomic E-state index is 13.0. The van der Waals surface area contributed by atoms with Crippen molar-refractivity contribution >= 4 is 11.9 Å². The van der Waals surface area contributed by atoms with Crippen LogP contribution in [0.1, 0.15) is 15.9 Å². The Bertz CT molecular complexity index is 427. The number of carboxylic acid groups (broad SMARTS) is 1. The summed E-state index contributed by atoms with van der Waals surface area (Å²) in [5.74, 6) is -2.61. The highest BCUT2D eigenvalue weighted by Crippen LogP contribution is 2.08. The van der Waals surface area contributed by atoms with E-state index in [0.717, 1.165) is 6.07 Å². The highest BCUT2D eigenvalue weighted by molar-refractivity contribution is 5.94. The van der Waals surface area contributed by atoms with Crippen molar-refractivity contribution in [2.24, 2.45) is 0 Å². The molecule has 0 saturated heterocycles. The van der Waals surface area contributed by atoms with Gasteiger partial charge in [0, 0.05) is 5.56 Å². The van der Waals surface area contributed by atoms with Gasteiger partial charge in [-0.1, -0.05) is 0 Å². The molecule has 92 valence electrons. The minimum atomic E-state index is -1.67. The zero-order valence-electron chi connectivity index (χ0n) is 9.11. The van der Waals surface area contributed by atoms with Gasteiger partial charge >= 0.3 is 5.97 Å². The second kappa shape index (κ2) is 5.40. The quantitative estimate of drug-likeness (QED) is 0.708. The lowest BCUT2D eigenvalue weighted by Gasteiger charge is -2.08. The highest BCUT2D eigenvalue weighted by Gasteiger charge is 2.15. The van der Waals surface area contributed by atoms with Crippen LogP contribution in [0.2, 0.25) is 0 Å². The molecule has 5 nitrogen and oxygen atoms in total. The molecule has 0 heterocycles. The number of nitrogens with one attached hydrogen (secondary N) is 1. The van der Waals surface area contributed by atoms with Crippen molar-refractivity contribution in [3.05, 3.63) is 35.1 Å². The third-order valence-electron chi connectivity index (χ3n) is 2.05. The average Bonchev–Trinajstić information content (AvgIpc) is 2.23. The molecular formula is C11H12FNO4. The van der Waals surface area contributed by atoms with Crippen molar-refractivity contribution in [1.82, 2.24) is 5.32 Å². The van der Waals surface area contributed by atoms with Gasteiger partial charge in [0.15, 0.2) is 6.10 Å². The van der Waals surface area contributed by atoms with Gasteiger partial charge in [-0.05, 0) is 30.7 Å². The lowest BCUT2D eigenvalue weighted by Crippen LogP contribution is -2.36. The number of amides is 1. The number of aliphatic carboxylic acids is 1. The summed E-state index contributed by atoms with van der Waals surface area (Å²) in [5.41, 5.74) is 0.661. The van der Waals surface area contributed by atoms with Crippen molar-refractivity contribution in [3.8, 4) is 0 Å². The van der Waals surface area contributed by atoms with E-state index in [2.05, 4.69) is 5.32 Å². The van der Waals surface area contributed by atoms with Crippen molar-refractivity contribution in [2.45, 2.75) is 13.0 Å². The van der Waals surface area contributed by atoms with Gasteiger partial charge in [-0.2, -0.15) is 0 Å². The zero-order chi connectivity index (χ0) is 13.0. The monoisotopic (exact) mass is 241 g/mol. The number of hydrogen-bond acceptors (Lipinski definition) is 3. The number of benzene rings is 1. The second-order valence-electron chi connectivity index (χ2n) is 3.58. The van der Waals surface area contributed by atoms with Gasteiger partial charge in [-0.3, -0.25) is 4.79 Å². The summed E-state index contributed by atoms with van der Waals surface area (Å²) < 4.78 is 13.0. The number of rotatable bonds is 4. The van der Waals surface area contributed by atoms with Crippen LogP contribution < -0.4 is 5.32 Å². The van der Waals surface area contributed by atoms with Gasteiger partial charge in [0.05, 0.1) is 6.54 Å². The van der Waals surface area contributed by atoms with Crippen LogP contribution in [-0.4, -0.2) is 34.7 Å². The second-order valence-corrected chi connectivity index (χ2v) is 3.58. The molecule has 0 aliphatic rings. The van der Waals surface area contributed by atoms with E-state index in [-0.39, 0.29) is 5.56 Å². The summed E-state index contributed by atoms with van der Waals surface area (Å²) in [6, 6.07) is 3.77. The number of aliphatic hydroxyl groups excluding tert-OH is 1. The average molecular weight is 241 g/mol. The van der Waals surface area contributed by atoms with Crippen molar-refractivity contribution in [3.63, 3.8) is 0 Å². The van der Waals surface area contributed by atoms with Gasteiger partial charge in [-0.15, -0.1) is 0 Å². The largest absolute Gasteiger partial charge is 0.479 e. The Hall–Kier alpha value is -1.95. The smallest absolute Gasteiger partial charge is 0.334 e. The first-order valence-corrected chi connectivity index (χ1v) is 4.86. The first-order chi connectivity index (χ1) is 7.90. The van der Waals surface area contributed by atoms with E-state index in [1.165, 1.54) is 12.1 Å². The van der Waals surface area contributed by atoms with E-state index < -0.39 is 30.3 Å². The number of aryl methyl sites for hydroxylation is 1. The summed E-state index contributed by atoms with van der Waals surface area (Å²) in [6.07, 6.45) is -1.67. The molecule has 3 N–H and O–H groups in total. The van der Waals surface area contributed by atoms with Crippen LogP contribution in [0.3, 0.4) is 0 Å². The normalized spacial score (nSPS) is 11.9. The van der Waals surface area contributed by atoms with E-state index >= 15 is 0 Å². The lowest BCUT2D eigenvalue weighted by atomic mass is 10.1. The summed E-state index contributed by atoms with van der Waals surface area (Å²) in [7, 11) is 0. The fraction of sp³-hybridized carbons (Fsp3) is 0.273. The lowest BCUT2D eigenvalue weighted by molar-refractivity contribution is -0.146. The molecule has 1 amide bonds. The van der Waals surface area contributed by atoms with Crippen LogP contribution in [0.15, 0.2) is 18.2 Å². The van der Waals surface area contributed by atoms with Crippen molar-refractivity contribution < 1.29 is 24.2 Å². The fourth-order valence-corrected chi connectivity index (χ4v) is 1.25. The van der Waals surface area contributed by atoms with Gasteiger partial charge < -0.3 is 15.5 Å². The van der Waals surface area contributed by atoms with E-state index in [9.17, 15) is 14.0 Å². The number of aliphatic hydroxyl groups is 1. The number of halogens is 1. The Morgan fingerprint density at radius 2 is 2.06 bits per heavy atom. The molecule has 6 heteroatoms.